The Morgan fingerprint density at radius 3 is 2.58 bits per heavy atom. The van der Waals surface area contributed by atoms with E-state index in [-0.39, 0.29) is 34.5 Å². The maximum Gasteiger partial charge on any atom is 0.409 e. The fourth-order valence-corrected chi connectivity index (χ4v) is 5.18. The van der Waals surface area contributed by atoms with Crippen molar-refractivity contribution in [3.8, 4) is 0 Å². The number of rotatable bonds is 7. The van der Waals surface area contributed by atoms with Crippen molar-refractivity contribution in [3.05, 3.63) is 40.4 Å². The molecular weight excluding hydrogens is 464 g/mol. The Morgan fingerprint density at radius 2 is 1.94 bits per heavy atom. The highest BCUT2D eigenvalue weighted by Gasteiger charge is 2.25. The van der Waals surface area contributed by atoms with Gasteiger partial charge in [-0.1, -0.05) is 11.6 Å². The van der Waals surface area contributed by atoms with Gasteiger partial charge in [-0.2, -0.15) is 0 Å². The first-order chi connectivity index (χ1) is 14.8. The van der Waals surface area contributed by atoms with Crippen LogP contribution in [0.1, 0.15) is 25.5 Å². The second-order valence-electron chi connectivity index (χ2n) is 6.91. The number of hydrogen-bond acceptors (Lipinski definition) is 7. The lowest BCUT2D eigenvalue weighted by molar-refractivity contribution is -0.121. The molecule has 0 spiro atoms. The van der Waals surface area contributed by atoms with Crippen molar-refractivity contribution in [2.24, 2.45) is 0 Å². The number of likely N-dealkylation sites (tertiary alicyclic amines) is 1. The average Bonchev–Trinajstić information content (AvgIpc) is 3.14. The largest absolute Gasteiger partial charge is 0.450 e. The maximum atomic E-state index is 12.4. The summed E-state index contributed by atoms with van der Waals surface area (Å²) in [4.78, 5) is 30.0. The summed E-state index contributed by atoms with van der Waals surface area (Å²) in [7, 11) is -3.79. The number of amides is 2. The summed E-state index contributed by atoms with van der Waals surface area (Å²) in [5.74, 6) is -0.202. The molecule has 2 heterocycles. The number of carbonyl (C=O) groups is 2. The highest BCUT2D eigenvalue weighted by atomic mass is 35.5. The van der Waals surface area contributed by atoms with Gasteiger partial charge in [0.2, 0.25) is 5.91 Å². The van der Waals surface area contributed by atoms with Crippen LogP contribution in [0.15, 0.2) is 34.5 Å². The van der Waals surface area contributed by atoms with Gasteiger partial charge in [0.25, 0.3) is 10.0 Å². The molecule has 1 aromatic heterocycles. The van der Waals surface area contributed by atoms with E-state index in [1.165, 1.54) is 24.3 Å². The lowest BCUT2D eigenvalue weighted by atomic mass is 10.1. The van der Waals surface area contributed by atoms with Gasteiger partial charge in [0.15, 0.2) is 5.13 Å². The Bertz CT molecular complexity index is 1020. The van der Waals surface area contributed by atoms with Gasteiger partial charge in [-0.05, 0) is 44.0 Å². The Balaban J connectivity index is 1.49. The van der Waals surface area contributed by atoms with Crippen molar-refractivity contribution in [2.75, 3.05) is 24.4 Å². The van der Waals surface area contributed by atoms with Crippen LogP contribution >= 0.6 is 22.9 Å². The first-order valence-electron chi connectivity index (χ1n) is 9.70. The number of nitrogens with zero attached hydrogens (tertiary/aromatic N) is 2. The van der Waals surface area contributed by atoms with Crippen LogP contribution in [0.4, 0.5) is 9.93 Å². The molecule has 12 heteroatoms. The summed E-state index contributed by atoms with van der Waals surface area (Å²) in [5.41, 5.74) is 0.472. The number of carbonyl (C=O) groups excluding carboxylic acids is 2. The summed E-state index contributed by atoms with van der Waals surface area (Å²) in [6.45, 7) is 3.15. The van der Waals surface area contributed by atoms with Crippen LogP contribution in [-0.2, 0) is 26.0 Å². The summed E-state index contributed by atoms with van der Waals surface area (Å²) < 4.78 is 32.2. The molecule has 1 aromatic carbocycles. The van der Waals surface area contributed by atoms with Crippen LogP contribution in [0.2, 0.25) is 5.02 Å². The van der Waals surface area contributed by atoms with Gasteiger partial charge in [0, 0.05) is 29.5 Å². The fraction of sp³-hybridized carbons (Fsp3) is 0.421. The van der Waals surface area contributed by atoms with Crippen molar-refractivity contribution in [1.29, 1.82) is 0 Å². The number of thiazole rings is 1. The van der Waals surface area contributed by atoms with E-state index in [1.807, 2.05) is 0 Å². The van der Waals surface area contributed by atoms with Crippen LogP contribution in [0.3, 0.4) is 0 Å². The van der Waals surface area contributed by atoms with Gasteiger partial charge < -0.3 is 15.0 Å². The molecule has 0 aliphatic carbocycles. The second kappa shape index (κ2) is 10.3. The van der Waals surface area contributed by atoms with Crippen molar-refractivity contribution in [1.82, 2.24) is 15.2 Å². The zero-order chi connectivity index (χ0) is 22.4. The van der Waals surface area contributed by atoms with Gasteiger partial charge in [-0.3, -0.25) is 9.52 Å². The average molecular weight is 487 g/mol. The number of halogens is 1. The SMILES string of the molecule is CCOC(=O)N1CCC(NC(=O)Cc2csc(NS(=O)(=O)c3ccc(Cl)cc3)n2)CC1. The summed E-state index contributed by atoms with van der Waals surface area (Å²) in [6.07, 6.45) is 1.00. The zero-order valence-electron chi connectivity index (χ0n) is 16.8. The molecule has 2 aromatic rings. The second-order valence-corrected chi connectivity index (χ2v) is 9.88. The van der Waals surface area contributed by atoms with Gasteiger partial charge in [0.1, 0.15) is 0 Å². The number of aromatic nitrogens is 1. The Kier molecular flexibility index (Phi) is 7.74. The third kappa shape index (κ3) is 6.55. The van der Waals surface area contributed by atoms with Crippen LogP contribution in [0.5, 0.6) is 0 Å². The molecule has 9 nitrogen and oxygen atoms in total. The van der Waals surface area contributed by atoms with E-state index in [9.17, 15) is 18.0 Å². The normalized spacial score (nSPS) is 14.8. The monoisotopic (exact) mass is 486 g/mol. The molecule has 2 amide bonds. The van der Waals surface area contributed by atoms with E-state index in [0.717, 1.165) is 11.3 Å². The van der Waals surface area contributed by atoms with Crippen LogP contribution in [0, 0.1) is 0 Å². The maximum absolute atomic E-state index is 12.4. The lowest BCUT2D eigenvalue weighted by Crippen LogP contribution is -2.47. The third-order valence-corrected chi connectivity index (χ3v) is 7.17. The number of nitrogens with one attached hydrogen (secondary N) is 2. The molecule has 31 heavy (non-hydrogen) atoms. The molecule has 1 aliphatic heterocycles. The number of sulfonamides is 1. The molecule has 0 saturated carbocycles. The van der Waals surface area contributed by atoms with Crippen LogP contribution in [0.25, 0.3) is 0 Å². The molecule has 3 rings (SSSR count). The zero-order valence-corrected chi connectivity index (χ0v) is 19.2. The predicted octanol–water partition coefficient (Wildman–Crippen LogP) is 2.88. The van der Waals surface area contributed by atoms with E-state index in [4.69, 9.17) is 16.3 Å². The highest BCUT2D eigenvalue weighted by Crippen LogP contribution is 2.22. The van der Waals surface area contributed by atoms with Crippen LogP contribution in [-0.4, -0.2) is 56.0 Å². The minimum Gasteiger partial charge on any atom is -0.450 e. The van der Waals surface area contributed by atoms with Gasteiger partial charge in [0.05, 0.1) is 23.6 Å². The Hall–Kier alpha value is -2.37. The molecule has 1 fully saturated rings. The minimum atomic E-state index is -3.79. The summed E-state index contributed by atoms with van der Waals surface area (Å²) >= 11 is 6.90. The molecule has 1 saturated heterocycles. The van der Waals surface area contributed by atoms with Crippen molar-refractivity contribution >= 4 is 50.1 Å². The lowest BCUT2D eigenvalue weighted by Gasteiger charge is -2.31. The quantitative estimate of drug-likeness (QED) is 0.621. The predicted molar refractivity (Wildman–Crippen MR) is 118 cm³/mol. The standard InChI is InChI=1S/C19H23ClN4O5S2/c1-2-29-19(26)24-9-7-14(8-10-24)21-17(25)11-15-12-30-18(22-15)23-31(27,28)16-5-3-13(20)4-6-16/h3-6,12,14H,2,7-11H2,1H3,(H,21,25)(H,22,23). The van der Waals surface area contributed by atoms with Gasteiger partial charge in [-0.15, -0.1) is 11.3 Å². The first-order valence-corrected chi connectivity index (χ1v) is 12.4. The minimum absolute atomic E-state index is 0.0281. The molecule has 0 atom stereocenters. The third-order valence-electron chi connectivity index (χ3n) is 4.63. The molecule has 0 bridgehead atoms. The Labute approximate surface area is 189 Å². The van der Waals surface area contributed by atoms with E-state index in [2.05, 4.69) is 15.0 Å². The molecule has 168 valence electrons. The molecule has 0 radical (unpaired) electrons. The number of benzene rings is 1. The summed E-state index contributed by atoms with van der Waals surface area (Å²) in [5, 5.41) is 5.20. The fourth-order valence-electron chi connectivity index (χ4n) is 3.09. The molecule has 1 aliphatic rings. The molecule has 0 unspecified atom stereocenters. The van der Waals surface area contributed by atoms with Crippen molar-refractivity contribution < 1.29 is 22.7 Å². The van der Waals surface area contributed by atoms with Crippen LogP contribution < -0.4 is 10.0 Å². The number of anilines is 1. The van der Waals surface area contributed by atoms with E-state index in [0.29, 0.717) is 43.3 Å². The smallest absolute Gasteiger partial charge is 0.409 e. The highest BCUT2D eigenvalue weighted by molar-refractivity contribution is 7.93. The topological polar surface area (TPSA) is 118 Å². The number of hydrogen-bond donors (Lipinski definition) is 2. The van der Waals surface area contributed by atoms with Crippen molar-refractivity contribution in [3.63, 3.8) is 0 Å². The Morgan fingerprint density at radius 1 is 1.26 bits per heavy atom. The van der Waals surface area contributed by atoms with Gasteiger partial charge in [-0.25, -0.2) is 18.2 Å². The molecule has 2 N–H and O–H groups in total. The number of ether oxygens (including phenoxy) is 1. The molecular formula is C19H23ClN4O5S2. The number of piperidine rings is 1. The van der Waals surface area contributed by atoms with E-state index < -0.39 is 10.0 Å². The van der Waals surface area contributed by atoms with Crippen molar-refractivity contribution in [2.45, 2.75) is 37.1 Å². The van der Waals surface area contributed by atoms with Gasteiger partial charge >= 0.3 is 6.09 Å². The van der Waals surface area contributed by atoms with E-state index >= 15 is 0 Å². The van der Waals surface area contributed by atoms with E-state index in [1.54, 1.807) is 17.2 Å². The first kappa shape index (κ1) is 23.3. The summed E-state index contributed by atoms with van der Waals surface area (Å²) in [6, 6.07) is 5.76.